The number of aromatic amines is 2. The molecule has 4 nitrogen and oxygen atoms in total. The van der Waals surface area contributed by atoms with Gasteiger partial charge in [0.1, 0.15) is 5.02 Å². The highest BCUT2D eigenvalue weighted by molar-refractivity contribution is 6.31. The lowest BCUT2D eigenvalue weighted by Crippen LogP contribution is -2.24. The summed E-state index contributed by atoms with van der Waals surface area (Å²) in [6, 6.07) is 0. The molecule has 0 aliphatic carbocycles. The number of aryl methyl sites for hydroxylation is 1. The van der Waals surface area contributed by atoms with Crippen LogP contribution in [0.25, 0.3) is 0 Å². The number of H-pyrrole nitrogens is 2. The molecule has 0 bridgehead atoms. The van der Waals surface area contributed by atoms with Crippen LogP contribution in [-0.2, 0) is 6.42 Å². The van der Waals surface area contributed by atoms with Crippen molar-refractivity contribution < 1.29 is 0 Å². The number of aromatic nitrogens is 2. The molecule has 0 aliphatic rings. The third-order valence-corrected chi connectivity index (χ3v) is 1.89. The topological polar surface area (TPSA) is 65.7 Å². The van der Waals surface area contributed by atoms with E-state index in [0.29, 0.717) is 18.0 Å². The van der Waals surface area contributed by atoms with Crippen molar-refractivity contribution in [1.82, 2.24) is 9.97 Å². The molecule has 0 aromatic carbocycles. The number of halogens is 2. The maximum atomic E-state index is 10.9. The van der Waals surface area contributed by atoms with Crippen molar-refractivity contribution in [2.24, 2.45) is 0 Å². The van der Waals surface area contributed by atoms with Crippen molar-refractivity contribution in [2.75, 3.05) is 5.88 Å². The van der Waals surface area contributed by atoms with Crippen LogP contribution in [0.15, 0.2) is 9.59 Å². The Hall–Kier alpha value is -0.740. The van der Waals surface area contributed by atoms with E-state index < -0.39 is 11.2 Å². The zero-order chi connectivity index (χ0) is 9.14. The average Bonchev–Trinajstić information content (AvgIpc) is 2.00. The average molecular weight is 209 g/mol. The lowest BCUT2D eigenvalue weighted by atomic mass is 10.3. The van der Waals surface area contributed by atoms with Gasteiger partial charge in [0.25, 0.3) is 5.56 Å². The van der Waals surface area contributed by atoms with Crippen LogP contribution < -0.4 is 11.2 Å². The molecule has 6 heteroatoms. The summed E-state index contributed by atoms with van der Waals surface area (Å²) < 4.78 is 0. The van der Waals surface area contributed by atoms with Crippen LogP contribution in [0.5, 0.6) is 0 Å². The van der Waals surface area contributed by atoms with Crippen molar-refractivity contribution in [1.29, 1.82) is 0 Å². The van der Waals surface area contributed by atoms with Gasteiger partial charge in [0.2, 0.25) is 0 Å². The van der Waals surface area contributed by atoms with Crippen molar-refractivity contribution in [3.63, 3.8) is 0 Å². The Kier molecular flexibility index (Phi) is 2.94. The van der Waals surface area contributed by atoms with Crippen molar-refractivity contribution in [3.8, 4) is 0 Å². The molecule has 0 amide bonds. The molecule has 0 aliphatic heterocycles. The van der Waals surface area contributed by atoms with Crippen LogP contribution in [0.3, 0.4) is 0 Å². The summed E-state index contributed by atoms with van der Waals surface area (Å²) in [6.45, 7) is 0. The first-order valence-corrected chi connectivity index (χ1v) is 4.13. The molecule has 0 unspecified atom stereocenters. The largest absolute Gasteiger partial charge is 0.325 e. The highest BCUT2D eigenvalue weighted by atomic mass is 35.5. The van der Waals surface area contributed by atoms with E-state index in [4.69, 9.17) is 23.2 Å². The molecule has 1 aromatic heterocycles. The Bertz CT molecular complexity index is 382. The van der Waals surface area contributed by atoms with E-state index in [1.54, 1.807) is 0 Å². The molecule has 2 N–H and O–H groups in total. The molecule has 66 valence electrons. The lowest BCUT2D eigenvalue weighted by Gasteiger charge is -1.98. The summed E-state index contributed by atoms with van der Waals surface area (Å²) in [6.07, 6.45) is 0.375. The van der Waals surface area contributed by atoms with Gasteiger partial charge in [0, 0.05) is 18.0 Å². The summed E-state index contributed by atoms with van der Waals surface area (Å²) >= 11 is 11.0. The molecule has 0 radical (unpaired) electrons. The van der Waals surface area contributed by atoms with Gasteiger partial charge in [-0.3, -0.25) is 9.78 Å². The zero-order valence-electron chi connectivity index (χ0n) is 5.99. The molecule has 0 saturated carbocycles. The number of alkyl halides is 1. The Balaban J connectivity index is 3.28. The van der Waals surface area contributed by atoms with E-state index in [0.717, 1.165) is 0 Å². The summed E-state index contributed by atoms with van der Waals surface area (Å²) in [4.78, 5) is 26.0. The smallest absolute Gasteiger partial charge is 0.310 e. The summed E-state index contributed by atoms with van der Waals surface area (Å²) in [5.41, 5.74) is -0.773. The lowest BCUT2D eigenvalue weighted by molar-refractivity contribution is 0.939. The summed E-state index contributed by atoms with van der Waals surface area (Å²) in [5, 5.41) is -0.00440. The van der Waals surface area contributed by atoms with E-state index in [2.05, 4.69) is 4.98 Å². The Morgan fingerprint density at radius 3 is 2.50 bits per heavy atom. The SMILES string of the molecule is O=c1[nH]c(CCCl)c(Cl)c(=O)[nH]1. The third-order valence-electron chi connectivity index (χ3n) is 1.30. The van der Waals surface area contributed by atoms with Gasteiger partial charge in [-0.15, -0.1) is 11.6 Å². The third kappa shape index (κ3) is 1.89. The van der Waals surface area contributed by atoms with Gasteiger partial charge in [0.05, 0.1) is 0 Å². The molecule has 0 atom stereocenters. The Morgan fingerprint density at radius 2 is 1.92 bits per heavy atom. The zero-order valence-corrected chi connectivity index (χ0v) is 7.50. The van der Waals surface area contributed by atoms with Crippen molar-refractivity contribution in [2.45, 2.75) is 6.42 Å². The number of hydrogen-bond acceptors (Lipinski definition) is 2. The van der Waals surface area contributed by atoms with Crippen molar-refractivity contribution >= 4 is 23.2 Å². The monoisotopic (exact) mass is 208 g/mol. The molecule has 1 heterocycles. The number of hydrogen-bond donors (Lipinski definition) is 2. The molecule has 0 fully saturated rings. The summed E-state index contributed by atoms with van der Waals surface area (Å²) in [5.74, 6) is 0.305. The van der Waals surface area contributed by atoms with Gasteiger partial charge in [0.15, 0.2) is 0 Å². The van der Waals surface area contributed by atoms with Crippen LogP contribution in [0, 0.1) is 0 Å². The fraction of sp³-hybridized carbons (Fsp3) is 0.333. The van der Waals surface area contributed by atoms with Crippen LogP contribution in [0.1, 0.15) is 5.69 Å². The van der Waals surface area contributed by atoms with E-state index in [1.807, 2.05) is 4.98 Å². The highest BCUT2D eigenvalue weighted by Crippen LogP contribution is 2.05. The maximum absolute atomic E-state index is 10.9. The summed E-state index contributed by atoms with van der Waals surface area (Å²) in [7, 11) is 0. The van der Waals surface area contributed by atoms with Gasteiger partial charge in [-0.1, -0.05) is 11.6 Å². The molecular weight excluding hydrogens is 203 g/mol. The number of nitrogens with one attached hydrogen (secondary N) is 2. The molecule has 1 rings (SSSR count). The van der Waals surface area contributed by atoms with E-state index in [9.17, 15) is 9.59 Å². The van der Waals surface area contributed by atoms with E-state index in [-0.39, 0.29) is 5.02 Å². The standard InChI is InChI=1S/C6H6Cl2N2O2/c7-2-1-3-4(8)5(11)10-6(12)9-3/h1-2H2,(H2,9,10,11,12). The quantitative estimate of drug-likeness (QED) is 0.696. The van der Waals surface area contributed by atoms with Gasteiger partial charge < -0.3 is 4.98 Å². The highest BCUT2D eigenvalue weighted by Gasteiger charge is 2.04. The Morgan fingerprint density at radius 1 is 1.25 bits per heavy atom. The molecular formula is C6H6Cl2N2O2. The van der Waals surface area contributed by atoms with Gasteiger partial charge >= 0.3 is 5.69 Å². The maximum Gasteiger partial charge on any atom is 0.325 e. The predicted molar refractivity (Wildman–Crippen MR) is 47.1 cm³/mol. The second-order valence-electron chi connectivity index (χ2n) is 2.14. The molecule has 0 saturated heterocycles. The minimum absolute atomic E-state index is 0.00440. The molecule has 1 aromatic rings. The fourth-order valence-electron chi connectivity index (χ4n) is 0.785. The fourth-order valence-corrected chi connectivity index (χ4v) is 1.16. The number of rotatable bonds is 2. The van der Waals surface area contributed by atoms with Gasteiger partial charge in [-0.05, 0) is 0 Å². The normalized spacial score (nSPS) is 10.2. The first-order chi connectivity index (χ1) is 5.65. The molecule has 12 heavy (non-hydrogen) atoms. The van der Waals surface area contributed by atoms with Crippen LogP contribution >= 0.6 is 23.2 Å². The second-order valence-corrected chi connectivity index (χ2v) is 2.90. The first-order valence-electron chi connectivity index (χ1n) is 3.22. The predicted octanol–water partition coefficient (Wildman–Crippen LogP) is 0.498. The van der Waals surface area contributed by atoms with Gasteiger partial charge in [-0.2, -0.15) is 0 Å². The Labute approximate surface area is 77.5 Å². The first kappa shape index (κ1) is 9.35. The van der Waals surface area contributed by atoms with Crippen LogP contribution in [0.4, 0.5) is 0 Å². The van der Waals surface area contributed by atoms with Crippen LogP contribution in [0.2, 0.25) is 5.02 Å². The van der Waals surface area contributed by atoms with Crippen LogP contribution in [-0.4, -0.2) is 15.8 Å². The van der Waals surface area contributed by atoms with Crippen molar-refractivity contribution in [3.05, 3.63) is 31.6 Å². The minimum Gasteiger partial charge on any atom is -0.310 e. The van der Waals surface area contributed by atoms with E-state index >= 15 is 0 Å². The molecule has 0 spiro atoms. The van der Waals surface area contributed by atoms with E-state index in [1.165, 1.54) is 0 Å². The second kappa shape index (κ2) is 3.78. The van der Waals surface area contributed by atoms with Gasteiger partial charge in [-0.25, -0.2) is 4.79 Å². The minimum atomic E-state index is -0.583.